The van der Waals surface area contributed by atoms with Gasteiger partial charge in [-0.25, -0.2) is 27.0 Å². The fourth-order valence-corrected chi connectivity index (χ4v) is 5.66. The van der Waals surface area contributed by atoms with E-state index in [0.717, 1.165) is 12.8 Å². The van der Waals surface area contributed by atoms with Crippen LogP contribution in [-0.4, -0.2) is 55.0 Å². The average molecular weight is 478 g/mol. The van der Waals surface area contributed by atoms with E-state index < -0.39 is 40.8 Å². The predicted octanol–water partition coefficient (Wildman–Crippen LogP) is 1.80. The van der Waals surface area contributed by atoms with Gasteiger partial charge in [0, 0.05) is 13.1 Å². The Bertz CT molecular complexity index is 964. The number of nitrogens with one attached hydrogen (secondary N) is 2. The zero-order chi connectivity index (χ0) is 22.8. The second kappa shape index (κ2) is 9.05. The lowest BCUT2D eigenvalue weighted by Gasteiger charge is -2.35. The van der Waals surface area contributed by atoms with Crippen molar-refractivity contribution in [2.75, 3.05) is 19.6 Å². The molecule has 1 aromatic carbocycles. The van der Waals surface area contributed by atoms with E-state index in [-0.39, 0.29) is 14.8 Å². The first-order chi connectivity index (χ1) is 13.7. The minimum atomic E-state index is -3.98. The number of rotatable bonds is 8. The van der Waals surface area contributed by atoms with E-state index in [2.05, 4.69) is 10.2 Å². The first-order valence-electron chi connectivity index (χ1n) is 9.73. The molecule has 0 atom stereocenters. The second-order valence-corrected chi connectivity index (χ2v) is 17.2. The number of hydrogen-bond donors (Lipinski definition) is 2. The van der Waals surface area contributed by atoms with Crippen LogP contribution in [0.5, 0.6) is 0 Å². The average Bonchev–Trinajstić information content (AvgIpc) is 3.20. The summed E-state index contributed by atoms with van der Waals surface area (Å²) in [6.45, 7) is 10.4. The lowest BCUT2D eigenvalue weighted by molar-refractivity contribution is -0.127. The highest BCUT2D eigenvalue weighted by Gasteiger charge is 2.38. The molecule has 12 heteroatoms. The summed E-state index contributed by atoms with van der Waals surface area (Å²) in [5.74, 6) is -0.614. The maximum atomic E-state index is 12.5. The fourth-order valence-electron chi connectivity index (χ4n) is 2.49. The van der Waals surface area contributed by atoms with Crippen molar-refractivity contribution in [1.82, 2.24) is 14.5 Å². The lowest BCUT2D eigenvalue weighted by Crippen LogP contribution is -2.48. The molecule has 1 fully saturated rings. The van der Waals surface area contributed by atoms with Crippen molar-refractivity contribution in [3.8, 4) is 0 Å². The van der Waals surface area contributed by atoms with Gasteiger partial charge in [-0.2, -0.15) is 4.31 Å². The molecule has 1 aliphatic rings. The van der Waals surface area contributed by atoms with Crippen LogP contribution in [0.1, 0.15) is 33.6 Å². The van der Waals surface area contributed by atoms with Crippen molar-refractivity contribution in [2.45, 2.75) is 61.5 Å². The Labute approximate surface area is 180 Å². The molecule has 0 spiro atoms. The summed E-state index contributed by atoms with van der Waals surface area (Å²) in [4.78, 5) is 11.9. The fraction of sp³-hybridized carbons (Fsp3) is 0.611. The summed E-state index contributed by atoms with van der Waals surface area (Å²) in [6.07, 6.45) is 1.63. The van der Waals surface area contributed by atoms with Gasteiger partial charge in [-0.05, 0) is 55.2 Å². The Morgan fingerprint density at radius 1 is 1.03 bits per heavy atom. The molecule has 1 aromatic rings. The molecule has 0 radical (unpaired) electrons. The molecule has 170 valence electrons. The minimum absolute atomic E-state index is 0.0452. The van der Waals surface area contributed by atoms with E-state index in [1.807, 2.05) is 33.9 Å². The van der Waals surface area contributed by atoms with Crippen LogP contribution >= 0.6 is 0 Å². The van der Waals surface area contributed by atoms with Gasteiger partial charge in [0.25, 0.3) is 5.91 Å². The summed E-state index contributed by atoms with van der Waals surface area (Å²) >= 11 is 0. The van der Waals surface area contributed by atoms with Crippen molar-refractivity contribution in [3.63, 3.8) is 0 Å². The first-order valence-corrected chi connectivity index (χ1v) is 15.6. The van der Waals surface area contributed by atoms with Crippen LogP contribution in [0.3, 0.4) is 0 Å². The highest BCUT2D eigenvalue weighted by Crippen LogP contribution is 2.35. The molecule has 0 saturated carbocycles. The van der Waals surface area contributed by atoms with Crippen LogP contribution in [0, 0.1) is 0 Å². The second-order valence-electron chi connectivity index (χ2n) is 8.79. The smallest absolute Gasteiger partial charge is 0.257 e. The molecule has 2 N–H and O–H groups in total. The predicted molar refractivity (Wildman–Crippen MR) is 116 cm³/mol. The van der Waals surface area contributed by atoms with Crippen LogP contribution in [0.25, 0.3) is 0 Å². The Morgan fingerprint density at radius 2 is 1.53 bits per heavy atom. The van der Waals surface area contributed by atoms with Crippen molar-refractivity contribution < 1.29 is 26.2 Å². The van der Waals surface area contributed by atoms with Crippen molar-refractivity contribution in [2.24, 2.45) is 0 Å². The molecule has 0 aliphatic carbocycles. The number of hydroxylamine groups is 1. The number of benzene rings is 1. The molecule has 0 bridgehead atoms. The van der Waals surface area contributed by atoms with Gasteiger partial charge >= 0.3 is 0 Å². The zero-order valence-corrected chi connectivity index (χ0v) is 20.7. The van der Waals surface area contributed by atoms with E-state index in [1.54, 1.807) is 0 Å². The van der Waals surface area contributed by atoms with Crippen LogP contribution in [0.15, 0.2) is 34.1 Å². The molecule has 0 unspecified atom stereocenters. The van der Waals surface area contributed by atoms with Gasteiger partial charge in [0.2, 0.25) is 28.4 Å². The zero-order valence-electron chi connectivity index (χ0n) is 18.1. The maximum absolute atomic E-state index is 12.5. The standard InChI is InChI=1S/C18H31N3O6S2Si/c1-18(2,3)30(4,5)27-20-17(22)14-19-28(23,24)15-8-10-16(11-9-15)29(25,26)21-12-6-7-13-21/h8-11,19H,6-7,12-14H2,1-5H3,(H,20,22). The van der Waals surface area contributed by atoms with Crippen molar-refractivity contribution in [3.05, 3.63) is 24.3 Å². The van der Waals surface area contributed by atoms with E-state index in [0.29, 0.717) is 13.1 Å². The maximum Gasteiger partial charge on any atom is 0.257 e. The summed E-state index contributed by atoms with van der Waals surface area (Å²) in [5, 5.41) is -0.114. The van der Waals surface area contributed by atoms with Crippen LogP contribution in [0.4, 0.5) is 0 Å². The number of carbonyl (C=O) groups is 1. The number of nitrogens with zero attached hydrogens (tertiary/aromatic N) is 1. The van der Waals surface area contributed by atoms with Crippen LogP contribution in [-0.2, 0) is 29.4 Å². The highest BCUT2D eigenvalue weighted by atomic mass is 32.2. The number of hydrogen-bond acceptors (Lipinski definition) is 6. The molecule has 30 heavy (non-hydrogen) atoms. The molecule has 9 nitrogen and oxygen atoms in total. The Balaban J connectivity index is 1.98. The topological polar surface area (TPSA) is 122 Å². The quantitative estimate of drug-likeness (QED) is 0.435. The van der Waals surface area contributed by atoms with Crippen molar-refractivity contribution in [1.29, 1.82) is 0 Å². The van der Waals surface area contributed by atoms with Crippen LogP contribution < -0.4 is 10.2 Å². The monoisotopic (exact) mass is 477 g/mol. The number of sulfonamides is 2. The van der Waals surface area contributed by atoms with E-state index >= 15 is 0 Å². The van der Waals surface area contributed by atoms with Gasteiger partial charge in [-0.1, -0.05) is 20.8 Å². The molecular weight excluding hydrogens is 446 g/mol. The van der Waals surface area contributed by atoms with Gasteiger partial charge < -0.3 is 4.53 Å². The summed E-state index contributed by atoms with van der Waals surface area (Å²) in [5.41, 5.74) is 2.32. The Hall–Kier alpha value is -1.31. The van der Waals surface area contributed by atoms with E-state index in [9.17, 15) is 21.6 Å². The third-order valence-corrected chi connectivity index (χ3v) is 13.0. The van der Waals surface area contributed by atoms with Gasteiger partial charge in [0.1, 0.15) is 0 Å². The van der Waals surface area contributed by atoms with E-state index in [4.69, 9.17) is 4.53 Å². The van der Waals surface area contributed by atoms with Gasteiger partial charge in [-0.15, -0.1) is 0 Å². The molecule has 1 aliphatic heterocycles. The van der Waals surface area contributed by atoms with Gasteiger partial charge in [0.15, 0.2) is 0 Å². The summed E-state index contributed by atoms with van der Waals surface area (Å²) in [6, 6.07) is 4.97. The normalized spacial score (nSPS) is 16.6. The highest BCUT2D eigenvalue weighted by molar-refractivity contribution is 7.89. The number of carbonyl (C=O) groups excluding carboxylic acids is 1. The summed E-state index contributed by atoms with van der Waals surface area (Å²) < 4.78 is 59.1. The lowest BCUT2D eigenvalue weighted by atomic mass is 10.2. The molecular formula is C18H31N3O6S2Si. The Morgan fingerprint density at radius 3 is 2.03 bits per heavy atom. The third kappa shape index (κ3) is 5.89. The summed E-state index contributed by atoms with van der Waals surface area (Å²) in [7, 11) is -9.81. The third-order valence-electron chi connectivity index (χ3n) is 5.49. The molecule has 1 saturated heterocycles. The number of amides is 1. The minimum Gasteiger partial charge on any atom is -0.319 e. The van der Waals surface area contributed by atoms with Gasteiger partial charge in [-0.3, -0.25) is 4.79 Å². The first kappa shape index (κ1) is 25.0. The largest absolute Gasteiger partial charge is 0.319 e. The Kier molecular flexibility index (Phi) is 7.52. The van der Waals surface area contributed by atoms with Gasteiger partial charge in [0.05, 0.1) is 16.3 Å². The van der Waals surface area contributed by atoms with E-state index in [1.165, 1.54) is 28.6 Å². The van der Waals surface area contributed by atoms with Crippen molar-refractivity contribution >= 4 is 34.3 Å². The SMILES string of the molecule is CC(C)(C)[Si](C)(C)ONC(=O)CNS(=O)(=O)c1ccc(S(=O)(=O)N2CCCC2)cc1. The molecule has 1 heterocycles. The van der Waals surface area contributed by atoms with Crippen LogP contribution in [0.2, 0.25) is 18.1 Å². The molecule has 2 rings (SSSR count). The molecule has 1 amide bonds. The molecule has 0 aromatic heterocycles.